The molecule has 0 fully saturated rings. The van der Waals surface area contributed by atoms with Gasteiger partial charge in [0.15, 0.2) is 5.16 Å². The van der Waals surface area contributed by atoms with Crippen LogP contribution in [0.2, 0.25) is 0 Å². The van der Waals surface area contributed by atoms with Gasteiger partial charge in [-0.05, 0) is 49.6 Å². The molecule has 1 atom stereocenters. The summed E-state index contributed by atoms with van der Waals surface area (Å²) in [5.74, 6) is 0.520. The number of thioether (sulfide) groups is 1. The predicted octanol–water partition coefficient (Wildman–Crippen LogP) is 5.07. The minimum absolute atomic E-state index is 0.0273. The first kappa shape index (κ1) is 19.5. The Morgan fingerprint density at radius 1 is 1.10 bits per heavy atom. The molecule has 2 aromatic heterocycles. The average molecular weight is 407 g/mol. The first-order valence-electron chi connectivity index (χ1n) is 9.65. The minimum atomic E-state index is -0.371. The smallest absolute Gasteiger partial charge is 0.336 e. The van der Waals surface area contributed by atoms with Crippen molar-refractivity contribution >= 4 is 33.6 Å². The van der Waals surface area contributed by atoms with E-state index in [-0.39, 0.29) is 17.2 Å². The third kappa shape index (κ3) is 3.72. The third-order valence-corrected chi connectivity index (χ3v) is 6.15. The van der Waals surface area contributed by atoms with Crippen molar-refractivity contribution in [3.05, 3.63) is 80.4 Å². The van der Waals surface area contributed by atoms with E-state index in [1.165, 1.54) is 17.8 Å². The molecule has 0 aliphatic carbocycles. The van der Waals surface area contributed by atoms with Gasteiger partial charge < -0.3 is 4.42 Å². The number of aromatic nitrogens is 2. The molecule has 0 aliphatic rings. The number of hydrogen-bond donors (Lipinski definition) is 0. The molecule has 0 bridgehead atoms. The Morgan fingerprint density at radius 2 is 1.90 bits per heavy atom. The van der Waals surface area contributed by atoms with Crippen molar-refractivity contribution in [2.45, 2.75) is 44.1 Å². The molecule has 0 saturated carbocycles. The van der Waals surface area contributed by atoms with Gasteiger partial charge in [-0.15, -0.1) is 0 Å². The first-order valence-corrected chi connectivity index (χ1v) is 10.6. The predicted molar refractivity (Wildman–Crippen MR) is 118 cm³/mol. The molecule has 6 heteroatoms. The summed E-state index contributed by atoms with van der Waals surface area (Å²) in [4.78, 5) is 29.9. The van der Waals surface area contributed by atoms with Gasteiger partial charge in [-0.25, -0.2) is 9.78 Å². The van der Waals surface area contributed by atoms with E-state index in [0.29, 0.717) is 27.4 Å². The highest BCUT2D eigenvalue weighted by Gasteiger charge is 2.16. The van der Waals surface area contributed by atoms with E-state index in [1.807, 2.05) is 56.3 Å². The van der Waals surface area contributed by atoms with Gasteiger partial charge in [-0.3, -0.25) is 9.36 Å². The van der Waals surface area contributed by atoms with Crippen molar-refractivity contribution in [3.8, 4) is 0 Å². The summed E-state index contributed by atoms with van der Waals surface area (Å²) in [6.07, 6.45) is 0.824. The molecule has 148 valence electrons. The lowest BCUT2D eigenvalue weighted by atomic mass is 10.1. The average Bonchev–Trinajstić information content (AvgIpc) is 2.71. The number of para-hydroxylation sites is 1. The van der Waals surface area contributed by atoms with E-state index in [0.717, 1.165) is 22.9 Å². The summed E-state index contributed by atoms with van der Waals surface area (Å²) in [6.45, 7) is 6.04. The summed E-state index contributed by atoms with van der Waals surface area (Å²) in [6, 6.07) is 14.8. The largest absolute Gasteiger partial charge is 0.423 e. The summed E-state index contributed by atoms with van der Waals surface area (Å²) in [5, 5.41) is 2.19. The Bertz CT molecular complexity index is 1320. The monoisotopic (exact) mass is 406 g/mol. The van der Waals surface area contributed by atoms with E-state index in [4.69, 9.17) is 9.40 Å². The van der Waals surface area contributed by atoms with Crippen LogP contribution in [0.1, 0.15) is 37.4 Å². The molecule has 0 aliphatic heterocycles. The molecule has 4 aromatic rings. The van der Waals surface area contributed by atoms with E-state index in [1.54, 1.807) is 4.57 Å². The minimum Gasteiger partial charge on any atom is -0.423 e. The Hall–Kier alpha value is -2.86. The molecule has 1 unspecified atom stereocenters. The summed E-state index contributed by atoms with van der Waals surface area (Å²) in [7, 11) is 0. The Balaban J connectivity index is 1.80. The van der Waals surface area contributed by atoms with Crippen molar-refractivity contribution in [3.63, 3.8) is 0 Å². The highest BCUT2D eigenvalue weighted by atomic mass is 32.2. The van der Waals surface area contributed by atoms with Gasteiger partial charge in [0, 0.05) is 23.2 Å². The maximum atomic E-state index is 13.1. The van der Waals surface area contributed by atoms with Crippen LogP contribution in [0.3, 0.4) is 0 Å². The zero-order chi connectivity index (χ0) is 20.5. The summed E-state index contributed by atoms with van der Waals surface area (Å²) in [5.41, 5.74) is 2.78. The van der Waals surface area contributed by atoms with Gasteiger partial charge in [-0.2, -0.15) is 0 Å². The summed E-state index contributed by atoms with van der Waals surface area (Å²) >= 11 is 1.47. The van der Waals surface area contributed by atoms with Crippen LogP contribution in [0.5, 0.6) is 0 Å². The lowest BCUT2D eigenvalue weighted by Crippen LogP contribution is -2.26. The fraction of sp³-hybridized carbons (Fsp3) is 0.261. The Kier molecular flexibility index (Phi) is 5.28. The molecule has 29 heavy (non-hydrogen) atoms. The fourth-order valence-electron chi connectivity index (χ4n) is 3.40. The molecule has 0 spiro atoms. The van der Waals surface area contributed by atoms with Gasteiger partial charge in [0.1, 0.15) is 5.58 Å². The van der Waals surface area contributed by atoms with Crippen LogP contribution < -0.4 is 11.2 Å². The standard InChI is InChI=1S/C23H22N2O3S/c1-4-15(3)25-22(27)18-7-5-6-8-19(18)24-23(25)29-13-16-12-21(26)28-20-11-14(2)9-10-17(16)20/h5-12,15H,4,13H2,1-3H3. The highest BCUT2D eigenvalue weighted by Crippen LogP contribution is 2.28. The second-order valence-corrected chi connectivity index (χ2v) is 8.17. The maximum Gasteiger partial charge on any atom is 0.336 e. The normalized spacial score (nSPS) is 12.5. The fourth-order valence-corrected chi connectivity index (χ4v) is 4.49. The molecule has 0 radical (unpaired) electrons. The van der Waals surface area contributed by atoms with Crippen LogP contribution in [0.15, 0.2) is 67.7 Å². The van der Waals surface area contributed by atoms with E-state index in [9.17, 15) is 9.59 Å². The van der Waals surface area contributed by atoms with Crippen LogP contribution >= 0.6 is 11.8 Å². The lowest BCUT2D eigenvalue weighted by Gasteiger charge is -2.18. The Morgan fingerprint density at radius 3 is 2.69 bits per heavy atom. The molecular weight excluding hydrogens is 384 g/mol. The molecule has 0 amide bonds. The molecule has 0 saturated heterocycles. The van der Waals surface area contributed by atoms with Gasteiger partial charge in [0.05, 0.1) is 10.9 Å². The van der Waals surface area contributed by atoms with Gasteiger partial charge in [0.2, 0.25) is 0 Å². The molecular formula is C23H22N2O3S. The van der Waals surface area contributed by atoms with Crippen LogP contribution in [0, 0.1) is 6.92 Å². The number of aryl methyl sites for hydroxylation is 1. The SMILES string of the molecule is CCC(C)n1c(SCc2cc(=O)oc3cc(C)ccc23)nc2ccccc2c1=O. The third-order valence-electron chi connectivity index (χ3n) is 5.15. The second kappa shape index (κ2) is 7.87. The van der Waals surface area contributed by atoms with Crippen LogP contribution in [-0.2, 0) is 5.75 Å². The first-order chi connectivity index (χ1) is 14.0. The van der Waals surface area contributed by atoms with Gasteiger partial charge >= 0.3 is 5.63 Å². The van der Waals surface area contributed by atoms with Crippen molar-refractivity contribution in [2.75, 3.05) is 0 Å². The molecule has 2 aromatic carbocycles. The number of benzene rings is 2. The number of nitrogens with zero attached hydrogens (tertiary/aromatic N) is 2. The van der Waals surface area contributed by atoms with Crippen molar-refractivity contribution in [1.82, 2.24) is 9.55 Å². The molecule has 2 heterocycles. The second-order valence-electron chi connectivity index (χ2n) is 7.22. The van der Waals surface area contributed by atoms with Crippen LogP contribution in [-0.4, -0.2) is 9.55 Å². The van der Waals surface area contributed by atoms with Gasteiger partial charge in [-0.1, -0.05) is 43.0 Å². The van der Waals surface area contributed by atoms with E-state index < -0.39 is 0 Å². The molecule has 4 rings (SSSR count). The number of fused-ring (bicyclic) bond motifs is 2. The maximum absolute atomic E-state index is 13.1. The topological polar surface area (TPSA) is 65.1 Å². The molecule has 0 N–H and O–H groups in total. The van der Waals surface area contributed by atoms with Crippen LogP contribution in [0.4, 0.5) is 0 Å². The van der Waals surface area contributed by atoms with Crippen molar-refractivity contribution in [2.24, 2.45) is 0 Å². The van der Waals surface area contributed by atoms with Crippen molar-refractivity contribution in [1.29, 1.82) is 0 Å². The highest BCUT2D eigenvalue weighted by molar-refractivity contribution is 7.98. The van der Waals surface area contributed by atoms with Crippen molar-refractivity contribution < 1.29 is 4.42 Å². The molecule has 5 nitrogen and oxygen atoms in total. The van der Waals surface area contributed by atoms with Gasteiger partial charge in [0.25, 0.3) is 5.56 Å². The summed E-state index contributed by atoms with van der Waals surface area (Å²) < 4.78 is 7.12. The zero-order valence-corrected chi connectivity index (χ0v) is 17.5. The number of hydrogen-bond acceptors (Lipinski definition) is 5. The van der Waals surface area contributed by atoms with Crippen LogP contribution in [0.25, 0.3) is 21.9 Å². The quantitative estimate of drug-likeness (QED) is 0.263. The van der Waals surface area contributed by atoms with E-state index >= 15 is 0 Å². The van der Waals surface area contributed by atoms with E-state index in [2.05, 4.69) is 6.92 Å². The zero-order valence-electron chi connectivity index (χ0n) is 16.6. The lowest BCUT2D eigenvalue weighted by molar-refractivity contribution is 0.468. The Labute approximate surface area is 172 Å². The number of rotatable bonds is 5.